The van der Waals surface area contributed by atoms with Crippen molar-refractivity contribution >= 4 is 23.1 Å². The molecule has 0 fully saturated rings. The molecule has 0 heterocycles. The molecule has 0 bridgehead atoms. The molecule has 0 saturated heterocycles. The van der Waals surface area contributed by atoms with Crippen LogP contribution >= 0.6 is 12.2 Å². The van der Waals surface area contributed by atoms with Crippen LogP contribution in [0.1, 0.15) is 36.5 Å². The summed E-state index contributed by atoms with van der Waals surface area (Å²) in [6.45, 7) is 2.15. The van der Waals surface area contributed by atoms with Gasteiger partial charge in [0.1, 0.15) is 11.6 Å². The summed E-state index contributed by atoms with van der Waals surface area (Å²) < 4.78 is 27.8. The summed E-state index contributed by atoms with van der Waals surface area (Å²) in [5.41, 5.74) is 1.76. The van der Waals surface area contributed by atoms with E-state index in [4.69, 9.17) is 0 Å². The molecule has 1 nitrogen and oxygen atoms in total. The number of aryl methyl sites for hydroxylation is 1. The fourth-order valence-electron chi connectivity index (χ4n) is 2.07. The second kappa shape index (κ2) is 8.33. The van der Waals surface area contributed by atoms with Gasteiger partial charge in [-0.15, -0.1) is 0 Å². The molecule has 0 aliphatic carbocycles. The molecule has 23 heavy (non-hydrogen) atoms. The number of hydrogen-bond donors (Lipinski definition) is 0. The summed E-state index contributed by atoms with van der Waals surface area (Å²) in [7, 11) is 0. The van der Waals surface area contributed by atoms with Gasteiger partial charge >= 0.3 is 0 Å². The van der Waals surface area contributed by atoms with Crippen LogP contribution in [0, 0.1) is 23.5 Å². The van der Waals surface area contributed by atoms with E-state index in [1.807, 2.05) is 24.3 Å². The Balaban J connectivity index is 2.23. The van der Waals surface area contributed by atoms with E-state index < -0.39 is 11.6 Å². The largest absolute Gasteiger partial charge is 0.205 e. The Morgan fingerprint density at radius 2 is 1.70 bits per heavy atom. The maximum atomic E-state index is 13.9. The highest BCUT2D eigenvalue weighted by molar-refractivity contribution is 7.78. The SMILES string of the molecule is CCCCc1ccc(C#Cc2c(F)cc(N=C=S)cc2F)cc1. The minimum absolute atomic E-state index is 0.0841. The van der Waals surface area contributed by atoms with E-state index in [0.29, 0.717) is 5.56 Å². The Morgan fingerprint density at radius 3 is 2.26 bits per heavy atom. The van der Waals surface area contributed by atoms with Crippen molar-refractivity contribution in [3.05, 3.63) is 64.7 Å². The van der Waals surface area contributed by atoms with E-state index in [1.54, 1.807) is 0 Å². The van der Waals surface area contributed by atoms with Crippen LogP contribution in [0.3, 0.4) is 0 Å². The van der Waals surface area contributed by atoms with Crippen molar-refractivity contribution < 1.29 is 8.78 Å². The van der Waals surface area contributed by atoms with Crippen molar-refractivity contribution in [1.29, 1.82) is 0 Å². The number of benzene rings is 2. The van der Waals surface area contributed by atoms with Crippen molar-refractivity contribution in [1.82, 2.24) is 0 Å². The molecule has 2 aromatic rings. The van der Waals surface area contributed by atoms with Gasteiger partial charge in [0.15, 0.2) is 0 Å². The average Bonchev–Trinajstić information content (AvgIpc) is 2.53. The molecule has 0 aliphatic heterocycles. The Morgan fingerprint density at radius 1 is 1.04 bits per heavy atom. The van der Waals surface area contributed by atoms with Gasteiger partial charge in [0.2, 0.25) is 0 Å². The number of halogens is 2. The number of nitrogens with zero attached hydrogens (tertiary/aromatic N) is 1. The van der Waals surface area contributed by atoms with Crippen LogP contribution in [-0.4, -0.2) is 5.16 Å². The zero-order chi connectivity index (χ0) is 16.7. The molecule has 116 valence electrons. The van der Waals surface area contributed by atoms with Crippen LogP contribution < -0.4 is 0 Å². The Kier molecular flexibility index (Phi) is 6.17. The molecule has 0 aliphatic rings. The Hall–Kier alpha value is -2.34. The lowest BCUT2D eigenvalue weighted by Gasteiger charge is -2.00. The quantitative estimate of drug-likeness (QED) is 0.414. The summed E-state index contributed by atoms with van der Waals surface area (Å²) in [6.07, 6.45) is 3.30. The lowest BCUT2D eigenvalue weighted by molar-refractivity contribution is 0.578. The van der Waals surface area contributed by atoms with Crippen molar-refractivity contribution in [3.8, 4) is 11.8 Å². The first-order valence-corrected chi connectivity index (χ1v) is 7.72. The van der Waals surface area contributed by atoms with Gasteiger partial charge in [0.05, 0.1) is 16.4 Å². The van der Waals surface area contributed by atoms with E-state index in [2.05, 4.69) is 41.1 Å². The van der Waals surface area contributed by atoms with E-state index in [9.17, 15) is 8.78 Å². The maximum absolute atomic E-state index is 13.9. The summed E-state index contributed by atoms with van der Waals surface area (Å²) >= 11 is 4.42. The van der Waals surface area contributed by atoms with E-state index >= 15 is 0 Å². The van der Waals surface area contributed by atoms with Crippen LogP contribution in [-0.2, 0) is 6.42 Å². The second-order valence-corrected chi connectivity index (χ2v) is 5.22. The number of rotatable bonds is 4. The topological polar surface area (TPSA) is 12.4 Å². The van der Waals surface area contributed by atoms with Gasteiger partial charge < -0.3 is 0 Å². The summed E-state index contributed by atoms with van der Waals surface area (Å²) in [4.78, 5) is 3.56. The third-order valence-electron chi connectivity index (χ3n) is 3.31. The number of unbranched alkanes of at least 4 members (excludes halogenated alkanes) is 1. The number of thiocarbonyl (C=S) groups is 1. The Labute approximate surface area is 140 Å². The molecule has 0 spiro atoms. The third kappa shape index (κ3) is 4.82. The van der Waals surface area contributed by atoms with Gasteiger partial charge in [-0.05, 0) is 42.8 Å². The normalized spacial score (nSPS) is 9.70. The molecule has 4 heteroatoms. The zero-order valence-electron chi connectivity index (χ0n) is 12.7. The first-order chi connectivity index (χ1) is 11.1. The summed E-state index contributed by atoms with van der Waals surface area (Å²) in [6, 6.07) is 9.87. The number of isothiocyanates is 1. The van der Waals surface area contributed by atoms with Gasteiger partial charge in [-0.2, -0.15) is 4.99 Å². The maximum Gasteiger partial charge on any atom is 0.143 e. The predicted molar refractivity (Wildman–Crippen MR) is 92.1 cm³/mol. The van der Waals surface area contributed by atoms with Crippen LogP contribution in [0.2, 0.25) is 0 Å². The van der Waals surface area contributed by atoms with Crippen molar-refractivity contribution in [2.24, 2.45) is 4.99 Å². The second-order valence-electron chi connectivity index (χ2n) is 5.04. The molecule has 0 N–H and O–H groups in total. The minimum atomic E-state index is -0.763. The van der Waals surface area contributed by atoms with Gasteiger partial charge in [-0.1, -0.05) is 37.3 Å². The molecule has 0 amide bonds. The van der Waals surface area contributed by atoms with Gasteiger partial charge in [-0.25, -0.2) is 8.78 Å². The number of aliphatic imine (C=N–C) groups is 1. The van der Waals surface area contributed by atoms with Crippen LogP contribution in [0.15, 0.2) is 41.4 Å². The molecule has 0 aromatic heterocycles. The third-order valence-corrected chi connectivity index (χ3v) is 3.40. The lowest BCUT2D eigenvalue weighted by Crippen LogP contribution is -1.90. The minimum Gasteiger partial charge on any atom is -0.205 e. The molecule has 2 aromatic carbocycles. The highest BCUT2D eigenvalue weighted by atomic mass is 32.1. The van der Waals surface area contributed by atoms with Crippen molar-refractivity contribution in [2.75, 3.05) is 0 Å². The fraction of sp³-hybridized carbons (Fsp3) is 0.211. The monoisotopic (exact) mass is 327 g/mol. The van der Waals surface area contributed by atoms with E-state index in [0.717, 1.165) is 31.4 Å². The molecule has 0 atom stereocenters. The number of hydrogen-bond acceptors (Lipinski definition) is 2. The van der Waals surface area contributed by atoms with Crippen molar-refractivity contribution in [3.63, 3.8) is 0 Å². The average molecular weight is 327 g/mol. The highest BCUT2D eigenvalue weighted by Crippen LogP contribution is 2.20. The summed E-state index contributed by atoms with van der Waals surface area (Å²) in [5.74, 6) is 3.80. The zero-order valence-corrected chi connectivity index (χ0v) is 13.5. The van der Waals surface area contributed by atoms with E-state index in [-0.39, 0.29) is 11.3 Å². The van der Waals surface area contributed by atoms with E-state index in [1.165, 1.54) is 5.56 Å². The lowest BCUT2D eigenvalue weighted by atomic mass is 10.1. The van der Waals surface area contributed by atoms with Crippen molar-refractivity contribution in [2.45, 2.75) is 26.2 Å². The molecule has 0 radical (unpaired) electrons. The molecular formula is C19H15F2NS. The highest BCUT2D eigenvalue weighted by Gasteiger charge is 2.08. The van der Waals surface area contributed by atoms with Gasteiger partial charge in [-0.3, -0.25) is 0 Å². The van der Waals surface area contributed by atoms with Crippen LogP contribution in [0.4, 0.5) is 14.5 Å². The Bertz CT molecular complexity index is 771. The smallest absolute Gasteiger partial charge is 0.143 e. The standard InChI is InChI=1S/C19H15F2NS/c1-2-3-4-14-5-7-15(8-6-14)9-10-17-18(20)11-16(22-13-23)12-19(17)21/h5-8,11-12H,2-4H2,1H3. The predicted octanol–water partition coefficient (Wildman–Crippen LogP) is 5.44. The molecule has 0 saturated carbocycles. The molecular weight excluding hydrogens is 312 g/mol. The van der Waals surface area contributed by atoms with Crippen LogP contribution in [0.25, 0.3) is 0 Å². The first kappa shape index (κ1) is 17.0. The van der Waals surface area contributed by atoms with Gasteiger partial charge in [0.25, 0.3) is 0 Å². The molecule has 0 unspecified atom stereocenters. The summed E-state index contributed by atoms with van der Waals surface area (Å²) in [5, 5.41) is 2.07. The molecule has 2 rings (SSSR count). The van der Waals surface area contributed by atoms with Crippen LogP contribution in [0.5, 0.6) is 0 Å². The fourth-order valence-corrected chi connectivity index (χ4v) is 2.17. The first-order valence-electron chi connectivity index (χ1n) is 7.32. The van der Waals surface area contributed by atoms with Gasteiger partial charge in [0, 0.05) is 17.7 Å².